The van der Waals surface area contributed by atoms with E-state index in [9.17, 15) is 14.0 Å². The van der Waals surface area contributed by atoms with Crippen molar-refractivity contribution in [3.8, 4) is 5.69 Å². The third-order valence-electron chi connectivity index (χ3n) is 3.82. The molecule has 1 aromatic carbocycles. The number of nitrogens with one attached hydrogen (secondary N) is 1. The molecule has 2 aromatic rings. The summed E-state index contributed by atoms with van der Waals surface area (Å²) in [5, 5.41) is 2.59. The summed E-state index contributed by atoms with van der Waals surface area (Å²) >= 11 is 0. The summed E-state index contributed by atoms with van der Waals surface area (Å²) in [6.07, 6.45) is 3.84. The van der Waals surface area contributed by atoms with Gasteiger partial charge in [-0.1, -0.05) is 0 Å². The predicted molar refractivity (Wildman–Crippen MR) is 80.1 cm³/mol. The van der Waals surface area contributed by atoms with E-state index in [0.29, 0.717) is 6.54 Å². The number of nitrogens with zero attached hydrogens (tertiary/aromatic N) is 2. The Morgan fingerprint density at radius 3 is 2.68 bits per heavy atom. The van der Waals surface area contributed by atoms with Crippen molar-refractivity contribution in [1.29, 1.82) is 0 Å². The maximum atomic E-state index is 13.9. The Morgan fingerprint density at radius 1 is 1.32 bits per heavy atom. The van der Waals surface area contributed by atoms with Crippen LogP contribution in [0.5, 0.6) is 0 Å². The van der Waals surface area contributed by atoms with Gasteiger partial charge in [0.25, 0.3) is 0 Å². The third-order valence-corrected chi connectivity index (χ3v) is 3.82. The van der Waals surface area contributed by atoms with Gasteiger partial charge in [0, 0.05) is 38.1 Å². The van der Waals surface area contributed by atoms with Crippen molar-refractivity contribution in [3.63, 3.8) is 0 Å². The van der Waals surface area contributed by atoms with Gasteiger partial charge in [0.15, 0.2) is 0 Å². The van der Waals surface area contributed by atoms with E-state index in [-0.39, 0.29) is 23.9 Å². The van der Waals surface area contributed by atoms with Gasteiger partial charge in [0.1, 0.15) is 5.82 Å². The molecule has 2 heterocycles. The van der Waals surface area contributed by atoms with Gasteiger partial charge in [0.05, 0.1) is 11.6 Å². The van der Waals surface area contributed by atoms with E-state index in [1.807, 2.05) is 29.1 Å². The lowest BCUT2D eigenvalue weighted by molar-refractivity contribution is -0.127. The van der Waals surface area contributed by atoms with Crippen LogP contribution in [0, 0.1) is 11.7 Å². The zero-order valence-electron chi connectivity index (χ0n) is 12.1. The molecule has 0 bridgehead atoms. The van der Waals surface area contributed by atoms with Crippen LogP contribution in [0.1, 0.15) is 6.42 Å². The van der Waals surface area contributed by atoms with E-state index in [2.05, 4.69) is 5.32 Å². The Bertz CT molecular complexity index is 712. The fraction of sp³-hybridized carbons (Fsp3) is 0.250. The van der Waals surface area contributed by atoms with Crippen molar-refractivity contribution in [2.75, 3.05) is 18.9 Å². The topological polar surface area (TPSA) is 54.3 Å². The second-order valence-corrected chi connectivity index (χ2v) is 5.42. The molecule has 0 spiro atoms. The fourth-order valence-corrected chi connectivity index (χ4v) is 2.55. The van der Waals surface area contributed by atoms with Gasteiger partial charge in [0.2, 0.25) is 11.8 Å². The van der Waals surface area contributed by atoms with E-state index >= 15 is 0 Å². The molecule has 1 aliphatic heterocycles. The molecule has 0 aliphatic carbocycles. The minimum atomic E-state index is -0.498. The summed E-state index contributed by atoms with van der Waals surface area (Å²) in [5.41, 5.74) is 0.875. The highest BCUT2D eigenvalue weighted by atomic mass is 19.1. The Kier molecular flexibility index (Phi) is 3.66. The lowest BCUT2D eigenvalue weighted by atomic mass is 10.1. The monoisotopic (exact) mass is 301 g/mol. The van der Waals surface area contributed by atoms with Gasteiger partial charge in [-0.3, -0.25) is 9.59 Å². The highest BCUT2D eigenvalue weighted by Gasteiger charge is 2.32. The average molecular weight is 301 g/mol. The first kappa shape index (κ1) is 14.3. The van der Waals surface area contributed by atoms with Crippen LogP contribution in [0.3, 0.4) is 0 Å². The number of carbonyl (C=O) groups is 2. The number of amides is 2. The molecule has 0 saturated carbocycles. The van der Waals surface area contributed by atoms with Crippen LogP contribution >= 0.6 is 0 Å². The Morgan fingerprint density at radius 2 is 2.05 bits per heavy atom. The third kappa shape index (κ3) is 2.72. The number of benzene rings is 1. The van der Waals surface area contributed by atoms with Crippen LogP contribution < -0.4 is 5.32 Å². The normalized spacial score (nSPS) is 17.8. The molecular weight excluding hydrogens is 285 g/mol. The average Bonchev–Trinajstić information content (AvgIpc) is 3.12. The van der Waals surface area contributed by atoms with E-state index in [4.69, 9.17) is 0 Å². The zero-order valence-corrected chi connectivity index (χ0v) is 12.1. The second-order valence-electron chi connectivity index (χ2n) is 5.42. The number of hydrogen-bond acceptors (Lipinski definition) is 2. The van der Waals surface area contributed by atoms with Gasteiger partial charge < -0.3 is 14.8 Å². The summed E-state index contributed by atoms with van der Waals surface area (Å²) in [6.45, 7) is 0.365. The molecule has 0 unspecified atom stereocenters. The van der Waals surface area contributed by atoms with Crippen molar-refractivity contribution >= 4 is 17.5 Å². The standard InChI is InChI=1S/C16H16FN3O2/c1-19-10-11(8-15(19)21)16(22)18-14-9-12(4-5-13(14)17)20-6-2-3-7-20/h2-7,9,11H,8,10H2,1H3,(H,18,22)/t11-/m1/s1. The van der Waals surface area contributed by atoms with Crippen molar-refractivity contribution in [1.82, 2.24) is 9.47 Å². The van der Waals surface area contributed by atoms with E-state index in [1.54, 1.807) is 19.2 Å². The van der Waals surface area contributed by atoms with Crippen molar-refractivity contribution in [3.05, 3.63) is 48.5 Å². The first-order chi connectivity index (χ1) is 10.5. The van der Waals surface area contributed by atoms with Crippen molar-refractivity contribution in [2.45, 2.75) is 6.42 Å². The number of likely N-dealkylation sites (tertiary alicyclic amines) is 1. The molecular formula is C16H16FN3O2. The van der Waals surface area contributed by atoms with E-state index < -0.39 is 11.7 Å². The van der Waals surface area contributed by atoms with Gasteiger partial charge in [-0.2, -0.15) is 0 Å². The van der Waals surface area contributed by atoms with Crippen LogP contribution in [0.4, 0.5) is 10.1 Å². The summed E-state index contributed by atoms with van der Waals surface area (Å²) in [5.74, 6) is -1.34. The van der Waals surface area contributed by atoms with Crippen LogP contribution in [-0.2, 0) is 9.59 Å². The highest BCUT2D eigenvalue weighted by Crippen LogP contribution is 2.22. The molecule has 3 rings (SSSR count). The quantitative estimate of drug-likeness (QED) is 0.943. The highest BCUT2D eigenvalue weighted by molar-refractivity contribution is 5.97. The van der Waals surface area contributed by atoms with Gasteiger partial charge in [-0.15, -0.1) is 0 Å². The molecule has 1 saturated heterocycles. The maximum absolute atomic E-state index is 13.9. The molecule has 1 atom stereocenters. The van der Waals surface area contributed by atoms with Crippen LogP contribution in [-0.4, -0.2) is 34.9 Å². The number of carbonyl (C=O) groups excluding carboxylic acids is 2. The molecule has 1 aromatic heterocycles. The Labute approximate surface area is 127 Å². The van der Waals surface area contributed by atoms with Gasteiger partial charge in [-0.25, -0.2) is 4.39 Å². The van der Waals surface area contributed by atoms with Crippen LogP contribution in [0.2, 0.25) is 0 Å². The molecule has 6 heteroatoms. The Balaban J connectivity index is 1.79. The molecule has 2 amide bonds. The number of hydrogen-bond donors (Lipinski definition) is 1. The Hall–Kier alpha value is -2.63. The number of halogens is 1. The lowest BCUT2D eigenvalue weighted by Crippen LogP contribution is -2.26. The van der Waals surface area contributed by atoms with Crippen molar-refractivity contribution in [2.24, 2.45) is 5.92 Å². The first-order valence-corrected chi connectivity index (χ1v) is 7.02. The first-order valence-electron chi connectivity index (χ1n) is 7.02. The minimum Gasteiger partial charge on any atom is -0.345 e. The van der Waals surface area contributed by atoms with Crippen LogP contribution in [0.15, 0.2) is 42.7 Å². The molecule has 1 fully saturated rings. The molecule has 0 radical (unpaired) electrons. The number of anilines is 1. The molecule has 22 heavy (non-hydrogen) atoms. The summed E-state index contributed by atoms with van der Waals surface area (Å²) in [6, 6.07) is 8.26. The van der Waals surface area contributed by atoms with Crippen molar-refractivity contribution < 1.29 is 14.0 Å². The summed E-state index contributed by atoms with van der Waals surface area (Å²) in [4.78, 5) is 25.2. The minimum absolute atomic E-state index is 0.0679. The second kappa shape index (κ2) is 5.63. The maximum Gasteiger partial charge on any atom is 0.229 e. The molecule has 114 valence electrons. The lowest BCUT2D eigenvalue weighted by Gasteiger charge is -2.13. The van der Waals surface area contributed by atoms with E-state index in [1.165, 1.54) is 11.0 Å². The summed E-state index contributed by atoms with van der Waals surface area (Å²) in [7, 11) is 1.66. The van der Waals surface area contributed by atoms with Gasteiger partial charge in [-0.05, 0) is 30.3 Å². The smallest absolute Gasteiger partial charge is 0.229 e. The molecule has 1 N–H and O–H groups in total. The number of rotatable bonds is 3. The number of aromatic nitrogens is 1. The van der Waals surface area contributed by atoms with Crippen LogP contribution in [0.25, 0.3) is 5.69 Å². The SMILES string of the molecule is CN1C[C@H](C(=O)Nc2cc(-n3cccc3)ccc2F)CC1=O. The largest absolute Gasteiger partial charge is 0.345 e. The summed E-state index contributed by atoms with van der Waals surface area (Å²) < 4.78 is 15.7. The molecule has 1 aliphatic rings. The van der Waals surface area contributed by atoms with Gasteiger partial charge >= 0.3 is 0 Å². The van der Waals surface area contributed by atoms with E-state index in [0.717, 1.165) is 5.69 Å². The fourth-order valence-electron chi connectivity index (χ4n) is 2.55. The zero-order chi connectivity index (χ0) is 15.7. The molecule has 5 nitrogen and oxygen atoms in total. The predicted octanol–water partition coefficient (Wildman–Crippen LogP) is 2.03.